The number of morpholine rings is 1. The third-order valence-corrected chi connectivity index (χ3v) is 6.16. The first kappa shape index (κ1) is 23.9. The monoisotopic (exact) mass is 409 g/mol. The van der Waals surface area contributed by atoms with E-state index in [2.05, 4.69) is 29.0 Å². The van der Waals surface area contributed by atoms with Gasteiger partial charge >= 0.3 is 0 Å². The predicted octanol–water partition coefficient (Wildman–Crippen LogP) is 1.89. The summed E-state index contributed by atoms with van der Waals surface area (Å²) in [5, 5.41) is 3.61. The Kier molecular flexibility index (Phi) is 10.8. The summed E-state index contributed by atoms with van der Waals surface area (Å²) in [5.41, 5.74) is 0. The van der Waals surface area contributed by atoms with E-state index in [1.165, 1.54) is 32.1 Å². The molecule has 168 valence electrons. The van der Waals surface area contributed by atoms with E-state index in [0.29, 0.717) is 11.8 Å². The lowest BCUT2D eigenvalue weighted by Gasteiger charge is -2.29. The molecule has 7 heteroatoms. The highest BCUT2D eigenvalue weighted by Gasteiger charge is 2.27. The fourth-order valence-corrected chi connectivity index (χ4v) is 4.05. The van der Waals surface area contributed by atoms with Crippen LogP contribution in [0.5, 0.6) is 0 Å². The Bertz CT molecular complexity index is 505. The average molecular weight is 410 g/mol. The number of amides is 1. The molecule has 0 aromatic carbocycles. The minimum atomic E-state index is 0.0476. The van der Waals surface area contributed by atoms with Crippen LogP contribution in [0.3, 0.4) is 0 Å². The molecule has 2 atom stereocenters. The number of carbonyl (C=O) groups is 1. The van der Waals surface area contributed by atoms with Crippen molar-refractivity contribution in [2.75, 3.05) is 73.1 Å². The number of likely N-dealkylation sites (N-methyl/N-ethyl adjacent to an activating group) is 1. The van der Waals surface area contributed by atoms with Gasteiger partial charge in [0.05, 0.1) is 13.2 Å². The van der Waals surface area contributed by atoms with Crippen LogP contribution in [0.4, 0.5) is 0 Å². The predicted molar refractivity (Wildman–Crippen MR) is 119 cm³/mol. The molecule has 29 heavy (non-hydrogen) atoms. The molecule has 0 saturated carbocycles. The lowest BCUT2D eigenvalue weighted by atomic mass is 9.99. The number of likely N-dealkylation sites (tertiary alicyclic amines) is 1. The van der Waals surface area contributed by atoms with Crippen molar-refractivity contribution in [3.8, 4) is 0 Å². The van der Waals surface area contributed by atoms with Crippen LogP contribution in [-0.4, -0.2) is 99.7 Å². The number of hydrogen-bond donors (Lipinski definition) is 1. The average Bonchev–Trinajstić information content (AvgIpc) is 3.18. The third-order valence-electron chi connectivity index (χ3n) is 6.16. The second-order valence-corrected chi connectivity index (χ2v) is 8.74. The van der Waals surface area contributed by atoms with Gasteiger partial charge in [-0.25, -0.2) is 4.99 Å². The number of rotatable bonds is 10. The quantitative estimate of drug-likeness (QED) is 0.441. The molecule has 0 aliphatic carbocycles. The molecule has 1 N–H and O–H groups in total. The molecular weight excluding hydrogens is 366 g/mol. The van der Waals surface area contributed by atoms with Crippen molar-refractivity contribution in [2.45, 2.75) is 46.0 Å². The molecule has 2 aliphatic rings. The van der Waals surface area contributed by atoms with Crippen LogP contribution in [0.2, 0.25) is 0 Å². The lowest BCUT2D eigenvalue weighted by Crippen LogP contribution is -2.44. The van der Waals surface area contributed by atoms with E-state index in [4.69, 9.17) is 9.73 Å². The van der Waals surface area contributed by atoms with E-state index in [1.54, 1.807) is 19.0 Å². The molecule has 1 amide bonds. The number of nitrogens with zero attached hydrogens (tertiary/aromatic N) is 4. The maximum atomic E-state index is 12.1. The Labute approximate surface area is 177 Å². The van der Waals surface area contributed by atoms with Gasteiger partial charge in [0, 0.05) is 53.4 Å². The zero-order valence-electron chi connectivity index (χ0n) is 19.2. The second kappa shape index (κ2) is 13.1. The molecule has 2 saturated heterocycles. The number of unbranched alkanes of at least 4 members (excludes halogenated alkanes) is 1. The lowest BCUT2D eigenvalue weighted by molar-refractivity contribution is -0.127. The second-order valence-electron chi connectivity index (χ2n) is 8.74. The van der Waals surface area contributed by atoms with Crippen molar-refractivity contribution in [3.05, 3.63) is 0 Å². The van der Waals surface area contributed by atoms with Crippen molar-refractivity contribution in [2.24, 2.45) is 16.8 Å². The summed E-state index contributed by atoms with van der Waals surface area (Å²) >= 11 is 0. The van der Waals surface area contributed by atoms with Crippen LogP contribution in [0.25, 0.3) is 0 Å². The molecule has 0 radical (unpaired) electrons. The molecule has 2 heterocycles. The summed E-state index contributed by atoms with van der Waals surface area (Å²) < 4.78 is 5.47. The molecular formula is C22H43N5O2. The number of guanidine groups is 1. The summed E-state index contributed by atoms with van der Waals surface area (Å²) in [7, 11) is 3.58. The van der Waals surface area contributed by atoms with Gasteiger partial charge < -0.3 is 19.9 Å². The van der Waals surface area contributed by atoms with Crippen LogP contribution in [0.15, 0.2) is 4.99 Å². The molecule has 0 aromatic heterocycles. The van der Waals surface area contributed by atoms with Gasteiger partial charge in [0.1, 0.15) is 6.54 Å². The van der Waals surface area contributed by atoms with Crippen LogP contribution in [0, 0.1) is 11.8 Å². The van der Waals surface area contributed by atoms with Gasteiger partial charge in [0.15, 0.2) is 5.96 Å². The highest BCUT2D eigenvalue weighted by molar-refractivity contribution is 5.85. The number of ether oxygens (including phenoxy) is 1. The van der Waals surface area contributed by atoms with Gasteiger partial charge in [-0.2, -0.15) is 0 Å². The van der Waals surface area contributed by atoms with Crippen LogP contribution in [-0.2, 0) is 9.53 Å². The summed E-state index contributed by atoms with van der Waals surface area (Å²) in [4.78, 5) is 23.3. The molecule has 0 aromatic rings. The fourth-order valence-electron chi connectivity index (χ4n) is 4.05. The van der Waals surface area contributed by atoms with E-state index in [9.17, 15) is 4.79 Å². The van der Waals surface area contributed by atoms with Gasteiger partial charge in [-0.15, -0.1) is 0 Å². The van der Waals surface area contributed by atoms with Crippen LogP contribution in [0.1, 0.15) is 46.0 Å². The van der Waals surface area contributed by atoms with Gasteiger partial charge in [0.2, 0.25) is 5.91 Å². The van der Waals surface area contributed by atoms with Gasteiger partial charge in [-0.05, 0) is 24.7 Å². The highest BCUT2D eigenvalue weighted by atomic mass is 16.5. The van der Waals surface area contributed by atoms with Crippen molar-refractivity contribution in [3.63, 3.8) is 0 Å². The first-order valence-electron chi connectivity index (χ1n) is 11.6. The summed E-state index contributed by atoms with van der Waals surface area (Å²) in [6, 6.07) is 0. The number of aliphatic imine (C=N–C) groups is 1. The topological polar surface area (TPSA) is 60.4 Å². The van der Waals surface area contributed by atoms with Gasteiger partial charge in [-0.3, -0.25) is 9.69 Å². The zero-order chi connectivity index (χ0) is 21.1. The first-order chi connectivity index (χ1) is 14.0. The van der Waals surface area contributed by atoms with E-state index in [1.807, 2.05) is 0 Å². The largest absolute Gasteiger partial charge is 0.379 e. The molecule has 0 spiro atoms. The van der Waals surface area contributed by atoms with Crippen molar-refractivity contribution >= 4 is 11.9 Å². The Hall–Kier alpha value is -1.34. The highest BCUT2D eigenvalue weighted by Crippen LogP contribution is 2.19. The number of nitrogens with one attached hydrogen (secondary N) is 1. The Morgan fingerprint density at radius 1 is 1.24 bits per heavy atom. The summed E-state index contributed by atoms with van der Waals surface area (Å²) in [5.74, 6) is 2.29. The van der Waals surface area contributed by atoms with Crippen LogP contribution >= 0.6 is 0 Å². The molecule has 7 nitrogen and oxygen atoms in total. The van der Waals surface area contributed by atoms with Gasteiger partial charge in [0.25, 0.3) is 0 Å². The molecule has 2 rings (SSSR count). The van der Waals surface area contributed by atoms with E-state index in [0.717, 1.165) is 58.4 Å². The molecule has 2 aliphatic heterocycles. The Morgan fingerprint density at radius 3 is 2.66 bits per heavy atom. The minimum Gasteiger partial charge on any atom is -0.379 e. The van der Waals surface area contributed by atoms with E-state index in [-0.39, 0.29) is 12.5 Å². The van der Waals surface area contributed by atoms with Crippen LogP contribution < -0.4 is 5.32 Å². The zero-order valence-corrected chi connectivity index (χ0v) is 19.2. The van der Waals surface area contributed by atoms with Crippen molar-refractivity contribution < 1.29 is 9.53 Å². The smallest absolute Gasteiger partial charge is 0.243 e. The molecule has 0 bridgehead atoms. The van der Waals surface area contributed by atoms with E-state index >= 15 is 0 Å². The maximum absolute atomic E-state index is 12.1. The number of carbonyl (C=O) groups excluding carboxylic acids is 1. The SMILES string of the molecule is CCCCC(CC)CNC(=NCC(=O)N(C)C)N1CCC(CN2CCOCC2)C1. The maximum Gasteiger partial charge on any atom is 0.243 e. The Morgan fingerprint density at radius 2 is 2.00 bits per heavy atom. The van der Waals surface area contributed by atoms with Crippen molar-refractivity contribution in [1.29, 1.82) is 0 Å². The normalized spacial score (nSPS) is 22.0. The minimum absolute atomic E-state index is 0.0476. The third kappa shape index (κ3) is 8.51. The van der Waals surface area contributed by atoms with Gasteiger partial charge in [-0.1, -0.05) is 33.1 Å². The van der Waals surface area contributed by atoms with Crippen molar-refractivity contribution in [1.82, 2.24) is 20.0 Å². The molecule has 2 fully saturated rings. The summed E-state index contributed by atoms with van der Waals surface area (Å²) in [6.45, 7) is 12.6. The molecule has 2 unspecified atom stereocenters. The Balaban J connectivity index is 1.92. The summed E-state index contributed by atoms with van der Waals surface area (Å²) in [6.07, 6.45) is 6.13. The standard InChI is InChI=1S/C22H43N5O2/c1-5-7-8-19(6-2)15-23-22(24-16-21(28)25(3)4)27-10-9-20(18-27)17-26-11-13-29-14-12-26/h19-20H,5-18H2,1-4H3,(H,23,24). The van der Waals surface area contributed by atoms with E-state index < -0.39 is 0 Å². The first-order valence-corrected chi connectivity index (χ1v) is 11.6. The number of hydrogen-bond acceptors (Lipinski definition) is 4. The fraction of sp³-hybridized carbons (Fsp3) is 0.909.